The number of carbonyl (C=O) groups excluding carboxylic acids is 2. The molecule has 1 aliphatic rings. The predicted octanol–water partition coefficient (Wildman–Crippen LogP) is 1.87. The molecule has 1 heterocycles. The van der Waals surface area contributed by atoms with E-state index >= 15 is 0 Å². The van der Waals surface area contributed by atoms with Crippen molar-refractivity contribution in [2.45, 2.75) is 12.2 Å². The van der Waals surface area contributed by atoms with Gasteiger partial charge in [0.2, 0.25) is 11.9 Å². The van der Waals surface area contributed by atoms with Gasteiger partial charge in [0.1, 0.15) is 22.8 Å². The highest BCUT2D eigenvalue weighted by molar-refractivity contribution is 6.07. The molecule has 0 unspecified atom stereocenters. The Bertz CT molecular complexity index is 1300. The van der Waals surface area contributed by atoms with Crippen LogP contribution in [0.5, 0.6) is 51.7 Å². The standard InChI is InChI=1S/C22H16O12/c23-9-5-10(24)16-15(6-9)33-20(7-1-11(25)17(29)12(26)2-7)21(19(16)31)34-22(32)8-3-13(27)18(30)14(28)4-8/h1-6,20-21,23-30H/t20-,21-/m1/s1. The van der Waals surface area contributed by atoms with E-state index in [9.17, 15) is 50.4 Å². The molecule has 0 saturated carbocycles. The Morgan fingerprint density at radius 3 is 1.82 bits per heavy atom. The highest BCUT2D eigenvalue weighted by atomic mass is 16.6. The van der Waals surface area contributed by atoms with Crippen molar-refractivity contribution in [2.24, 2.45) is 0 Å². The smallest absolute Gasteiger partial charge is 0.339 e. The number of hydrogen-bond donors (Lipinski definition) is 8. The van der Waals surface area contributed by atoms with E-state index in [1.807, 2.05) is 0 Å². The van der Waals surface area contributed by atoms with E-state index < -0.39 is 81.1 Å². The van der Waals surface area contributed by atoms with Crippen LogP contribution in [0.2, 0.25) is 0 Å². The molecular weight excluding hydrogens is 456 g/mol. The molecule has 4 rings (SSSR count). The van der Waals surface area contributed by atoms with Crippen LogP contribution < -0.4 is 4.74 Å². The Labute approximate surface area is 189 Å². The number of benzene rings is 3. The molecule has 0 fully saturated rings. The molecule has 0 amide bonds. The molecule has 34 heavy (non-hydrogen) atoms. The van der Waals surface area contributed by atoms with Crippen LogP contribution in [0.4, 0.5) is 0 Å². The number of phenols is 8. The first-order valence-electron chi connectivity index (χ1n) is 9.45. The van der Waals surface area contributed by atoms with Crippen LogP contribution in [-0.2, 0) is 4.74 Å². The minimum atomic E-state index is -1.85. The van der Waals surface area contributed by atoms with E-state index in [1.165, 1.54) is 0 Å². The maximum Gasteiger partial charge on any atom is 0.339 e. The highest BCUT2D eigenvalue weighted by Gasteiger charge is 2.43. The fourth-order valence-corrected chi connectivity index (χ4v) is 3.46. The molecular formula is C22H16O12. The van der Waals surface area contributed by atoms with Gasteiger partial charge in [-0.1, -0.05) is 0 Å². The Morgan fingerprint density at radius 2 is 1.26 bits per heavy atom. The molecule has 176 valence electrons. The molecule has 0 bridgehead atoms. The van der Waals surface area contributed by atoms with Gasteiger partial charge >= 0.3 is 5.97 Å². The number of rotatable bonds is 3. The van der Waals surface area contributed by atoms with E-state index in [0.29, 0.717) is 0 Å². The number of hydrogen-bond acceptors (Lipinski definition) is 12. The monoisotopic (exact) mass is 472 g/mol. The lowest BCUT2D eigenvalue weighted by atomic mass is 9.92. The van der Waals surface area contributed by atoms with Crippen molar-refractivity contribution < 1.29 is 59.9 Å². The summed E-state index contributed by atoms with van der Waals surface area (Å²) in [5, 5.41) is 78.0. The fourth-order valence-electron chi connectivity index (χ4n) is 3.46. The number of esters is 1. The molecule has 12 heteroatoms. The van der Waals surface area contributed by atoms with Crippen molar-refractivity contribution in [3.63, 3.8) is 0 Å². The first-order chi connectivity index (χ1) is 16.0. The van der Waals surface area contributed by atoms with E-state index in [4.69, 9.17) is 9.47 Å². The van der Waals surface area contributed by atoms with Crippen molar-refractivity contribution in [1.29, 1.82) is 0 Å². The quantitative estimate of drug-likeness (QED) is 0.203. The lowest BCUT2D eigenvalue weighted by Crippen LogP contribution is -2.40. The number of fused-ring (bicyclic) bond motifs is 1. The number of aromatic hydroxyl groups is 8. The Kier molecular flexibility index (Phi) is 5.12. The van der Waals surface area contributed by atoms with Gasteiger partial charge in [-0.05, 0) is 24.3 Å². The number of carbonyl (C=O) groups is 2. The number of Topliss-reactive ketones (excluding diaryl/α,β-unsaturated/α-hetero) is 1. The van der Waals surface area contributed by atoms with Crippen LogP contribution in [0.3, 0.4) is 0 Å². The van der Waals surface area contributed by atoms with E-state index in [2.05, 4.69) is 0 Å². The fraction of sp³-hybridized carbons (Fsp3) is 0.0909. The summed E-state index contributed by atoms with van der Waals surface area (Å²) in [6, 6.07) is 5.26. The predicted molar refractivity (Wildman–Crippen MR) is 110 cm³/mol. The summed E-state index contributed by atoms with van der Waals surface area (Å²) in [7, 11) is 0. The first-order valence-corrected chi connectivity index (χ1v) is 9.45. The molecule has 3 aromatic rings. The summed E-state index contributed by atoms with van der Waals surface area (Å²) in [5.74, 6) is -8.69. The van der Waals surface area contributed by atoms with Crippen molar-refractivity contribution in [2.75, 3.05) is 0 Å². The Morgan fingerprint density at radius 1 is 0.735 bits per heavy atom. The van der Waals surface area contributed by atoms with E-state index in [-0.39, 0.29) is 11.3 Å². The second-order valence-electron chi connectivity index (χ2n) is 7.34. The van der Waals surface area contributed by atoms with Gasteiger partial charge in [-0.25, -0.2) is 4.79 Å². The van der Waals surface area contributed by atoms with Crippen LogP contribution in [0, 0.1) is 0 Å². The van der Waals surface area contributed by atoms with E-state index in [1.54, 1.807) is 0 Å². The third kappa shape index (κ3) is 3.62. The van der Waals surface area contributed by atoms with Crippen LogP contribution in [0.25, 0.3) is 0 Å². The zero-order chi connectivity index (χ0) is 24.9. The summed E-state index contributed by atoms with van der Waals surface area (Å²) in [6.45, 7) is 0. The van der Waals surface area contributed by atoms with Gasteiger partial charge in [0, 0.05) is 17.7 Å². The van der Waals surface area contributed by atoms with Crippen LogP contribution >= 0.6 is 0 Å². The summed E-state index contributed by atoms with van der Waals surface area (Å²) in [4.78, 5) is 25.9. The van der Waals surface area contributed by atoms with Gasteiger partial charge in [0.25, 0.3) is 0 Å². The highest BCUT2D eigenvalue weighted by Crippen LogP contribution is 2.46. The van der Waals surface area contributed by atoms with Gasteiger partial charge < -0.3 is 50.3 Å². The lowest BCUT2D eigenvalue weighted by Gasteiger charge is -2.32. The summed E-state index contributed by atoms with van der Waals surface area (Å²) in [6.07, 6.45) is -3.40. The van der Waals surface area contributed by atoms with Gasteiger partial charge in [-0.15, -0.1) is 0 Å². The third-order valence-corrected chi connectivity index (χ3v) is 5.06. The van der Waals surface area contributed by atoms with Gasteiger partial charge in [-0.2, -0.15) is 0 Å². The third-order valence-electron chi connectivity index (χ3n) is 5.06. The molecule has 0 spiro atoms. The zero-order valence-corrected chi connectivity index (χ0v) is 16.8. The van der Waals surface area contributed by atoms with Crippen molar-refractivity contribution in [3.05, 3.63) is 53.1 Å². The molecule has 0 aliphatic carbocycles. The van der Waals surface area contributed by atoms with Gasteiger partial charge in [-0.3, -0.25) is 4.79 Å². The minimum Gasteiger partial charge on any atom is -0.508 e. The van der Waals surface area contributed by atoms with Crippen LogP contribution in [0.1, 0.15) is 32.4 Å². The first kappa shape index (κ1) is 22.2. The minimum absolute atomic E-state index is 0.135. The maximum absolute atomic E-state index is 13.2. The second kappa shape index (κ2) is 7.85. The SMILES string of the molecule is O=C(O[C@@H]1C(=O)c2c(O)cc(O)cc2O[C@@H]1c1cc(O)c(O)c(O)c1)c1cc(O)c(O)c(O)c1. The molecule has 1 aliphatic heterocycles. The number of ketones is 1. The largest absolute Gasteiger partial charge is 0.508 e. The Hall–Kier alpha value is -5.00. The molecule has 8 N–H and O–H groups in total. The molecule has 3 aromatic carbocycles. The summed E-state index contributed by atoms with van der Waals surface area (Å²) in [5.41, 5.74) is -1.03. The number of ether oxygens (including phenoxy) is 2. The summed E-state index contributed by atoms with van der Waals surface area (Å²) < 4.78 is 10.9. The van der Waals surface area contributed by atoms with Crippen molar-refractivity contribution >= 4 is 11.8 Å². The normalized spacial score (nSPS) is 17.0. The maximum atomic E-state index is 13.2. The van der Waals surface area contributed by atoms with Crippen LogP contribution in [-0.4, -0.2) is 58.7 Å². The van der Waals surface area contributed by atoms with E-state index in [0.717, 1.165) is 36.4 Å². The average Bonchev–Trinajstić information content (AvgIpc) is 2.76. The van der Waals surface area contributed by atoms with Crippen LogP contribution in [0.15, 0.2) is 36.4 Å². The molecule has 12 nitrogen and oxygen atoms in total. The van der Waals surface area contributed by atoms with Gasteiger partial charge in [0.15, 0.2) is 40.6 Å². The Balaban J connectivity index is 1.81. The summed E-state index contributed by atoms with van der Waals surface area (Å²) >= 11 is 0. The second-order valence-corrected chi connectivity index (χ2v) is 7.34. The zero-order valence-electron chi connectivity index (χ0n) is 16.8. The molecule has 0 radical (unpaired) electrons. The lowest BCUT2D eigenvalue weighted by molar-refractivity contribution is -0.0102. The van der Waals surface area contributed by atoms with Gasteiger partial charge in [0.05, 0.1) is 5.56 Å². The molecule has 2 atom stereocenters. The van der Waals surface area contributed by atoms with Crippen molar-refractivity contribution in [1.82, 2.24) is 0 Å². The number of phenolic OH excluding ortho intramolecular Hbond substituents is 8. The molecule has 0 saturated heterocycles. The van der Waals surface area contributed by atoms with Crippen molar-refractivity contribution in [3.8, 4) is 51.7 Å². The topological polar surface area (TPSA) is 214 Å². The molecule has 0 aromatic heterocycles. The average molecular weight is 472 g/mol.